The Morgan fingerprint density at radius 1 is 1.50 bits per heavy atom. The first-order valence-electron chi connectivity index (χ1n) is 3.81. The van der Waals surface area contributed by atoms with Crippen molar-refractivity contribution in [1.29, 1.82) is 0 Å². The van der Waals surface area contributed by atoms with Crippen LogP contribution in [0.1, 0.15) is 0 Å². The molecule has 1 rings (SSSR count). The Hall–Kier alpha value is -0.780. The largest absolute Gasteiger partial charge is 0.504 e. The zero-order valence-electron chi connectivity index (χ0n) is 7.82. The number of nitrogens with zero attached hydrogens (tertiary/aromatic N) is 1. The molecule has 1 atom stereocenters. The lowest BCUT2D eigenvalue weighted by molar-refractivity contribution is 0.462. The number of nitrogens with two attached hydrogens (primary N) is 1. The molecular formula is C8H11ClN2O2S. The fraction of sp³-hybridized carbons (Fsp3) is 0.250. The summed E-state index contributed by atoms with van der Waals surface area (Å²) < 4.78 is 13.1. The van der Waals surface area contributed by atoms with Gasteiger partial charge in [0.15, 0.2) is 5.75 Å². The fourth-order valence-corrected chi connectivity index (χ4v) is 2.14. The standard InChI is InChI=1S/C8H11ClN2O2S/c1-11(2)14(13)8-5(9)3-4-6(10)7(8)12/h3-4,12H,10H2,1-2H3. The highest BCUT2D eigenvalue weighted by Gasteiger charge is 2.17. The van der Waals surface area contributed by atoms with Crippen molar-refractivity contribution >= 4 is 28.3 Å². The highest BCUT2D eigenvalue weighted by Crippen LogP contribution is 2.34. The predicted molar refractivity (Wildman–Crippen MR) is 57.6 cm³/mol. The third-order valence-corrected chi connectivity index (χ3v) is 3.47. The molecule has 78 valence electrons. The van der Waals surface area contributed by atoms with Crippen LogP contribution in [0, 0.1) is 0 Å². The summed E-state index contributed by atoms with van der Waals surface area (Å²) in [4.78, 5) is 0.150. The maximum absolute atomic E-state index is 11.7. The topological polar surface area (TPSA) is 66.6 Å². The first-order chi connectivity index (χ1) is 6.45. The molecule has 3 N–H and O–H groups in total. The third-order valence-electron chi connectivity index (χ3n) is 1.62. The fourth-order valence-electron chi connectivity index (χ4n) is 0.910. The quantitative estimate of drug-likeness (QED) is 0.597. The number of rotatable bonds is 2. The summed E-state index contributed by atoms with van der Waals surface area (Å²) in [6, 6.07) is 2.97. The van der Waals surface area contributed by atoms with Gasteiger partial charge in [0.1, 0.15) is 15.9 Å². The molecule has 0 fully saturated rings. The zero-order chi connectivity index (χ0) is 10.9. The molecule has 1 unspecified atom stereocenters. The Kier molecular flexibility index (Phi) is 3.36. The minimum atomic E-state index is -1.50. The molecule has 0 aliphatic rings. The van der Waals surface area contributed by atoms with Crippen molar-refractivity contribution in [3.05, 3.63) is 17.2 Å². The van der Waals surface area contributed by atoms with Gasteiger partial charge in [-0.1, -0.05) is 11.6 Å². The van der Waals surface area contributed by atoms with Crippen LogP contribution < -0.4 is 5.73 Å². The van der Waals surface area contributed by atoms with Crippen LogP contribution in [0.15, 0.2) is 17.0 Å². The maximum atomic E-state index is 11.7. The molecule has 0 spiro atoms. The number of anilines is 1. The number of nitrogen functional groups attached to an aromatic ring is 1. The summed E-state index contributed by atoms with van der Waals surface area (Å²) in [7, 11) is 1.74. The first-order valence-corrected chi connectivity index (χ1v) is 5.29. The van der Waals surface area contributed by atoms with Gasteiger partial charge in [-0.05, 0) is 26.2 Å². The summed E-state index contributed by atoms with van der Waals surface area (Å²) in [5.41, 5.74) is 5.63. The van der Waals surface area contributed by atoms with Crippen LogP contribution in [0.5, 0.6) is 5.75 Å². The predicted octanol–water partition coefficient (Wildman–Crippen LogP) is 1.21. The number of halogens is 1. The number of phenolic OH excluding ortho intramolecular Hbond substituents is 1. The average Bonchev–Trinajstić information content (AvgIpc) is 2.12. The van der Waals surface area contributed by atoms with E-state index in [1.165, 1.54) is 16.4 Å². The number of benzene rings is 1. The molecule has 0 aromatic heterocycles. The van der Waals surface area contributed by atoms with Gasteiger partial charge >= 0.3 is 0 Å². The smallest absolute Gasteiger partial charge is 0.157 e. The second-order valence-corrected chi connectivity index (χ2v) is 4.92. The Morgan fingerprint density at radius 3 is 2.57 bits per heavy atom. The van der Waals surface area contributed by atoms with E-state index in [9.17, 15) is 9.32 Å². The minimum absolute atomic E-state index is 0.150. The van der Waals surface area contributed by atoms with Gasteiger partial charge in [-0.3, -0.25) is 0 Å². The zero-order valence-corrected chi connectivity index (χ0v) is 9.39. The van der Waals surface area contributed by atoms with Crippen LogP contribution in [0.2, 0.25) is 5.02 Å². The summed E-state index contributed by atoms with van der Waals surface area (Å²) in [6.45, 7) is 0. The van der Waals surface area contributed by atoms with Crippen molar-refractivity contribution in [2.24, 2.45) is 0 Å². The van der Waals surface area contributed by atoms with Gasteiger partial charge in [-0.25, -0.2) is 8.51 Å². The number of hydrogen-bond acceptors (Lipinski definition) is 3. The van der Waals surface area contributed by atoms with Gasteiger partial charge in [0.25, 0.3) is 0 Å². The van der Waals surface area contributed by atoms with E-state index in [-0.39, 0.29) is 21.4 Å². The van der Waals surface area contributed by atoms with E-state index in [0.29, 0.717) is 0 Å². The Morgan fingerprint density at radius 2 is 2.07 bits per heavy atom. The first kappa shape index (κ1) is 11.3. The monoisotopic (exact) mass is 234 g/mol. The van der Waals surface area contributed by atoms with E-state index in [2.05, 4.69) is 0 Å². The molecule has 0 aliphatic heterocycles. The van der Waals surface area contributed by atoms with Gasteiger partial charge in [0, 0.05) is 0 Å². The van der Waals surface area contributed by atoms with Crippen LogP contribution >= 0.6 is 11.6 Å². The van der Waals surface area contributed by atoms with Gasteiger partial charge in [-0.15, -0.1) is 0 Å². The number of phenols is 1. The van der Waals surface area contributed by atoms with Crippen molar-refractivity contribution in [3.8, 4) is 5.75 Å². The van der Waals surface area contributed by atoms with Crippen molar-refractivity contribution in [2.45, 2.75) is 4.90 Å². The Bertz CT molecular complexity index is 382. The molecular weight excluding hydrogens is 224 g/mol. The lowest BCUT2D eigenvalue weighted by Gasteiger charge is -2.13. The SMILES string of the molecule is CN(C)S(=O)c1c(Cl)ccc(N)c1O. The lowest BCUT2D eigenvalue weighted by atomic mass is 10.3. The highest BCUT2D eigenvalue weighted by atomic mass is 35.5. The number of hydrogen-bond donors (Lipinski definition) is 2. The second kappa shape index (κ2) is 4.16. The van der Waals surface area contributed by atoms with Gasteiger partial charge < -0.3 is 10.8 Å². The second-order valence-electron chi connectivity index (χ2n) is 2.88. The van der Waals surface area contributed by atoms with Crippen LogP contribution in [-0.4, -0.2) is 27.7 Å². The van der Waals surface area contributed by atoms with Crippen molar-refractivity contribution in [2.75, 3.05) is 19.8 Å². The molecule has 1 aromatic rings. The minimum Gasteiger partial charge on any atom is -0.504 e. The third kappa shape index (κ3) is 2.00. The van der Waals surface area contributed by atoms with Crippen LogP contribution in [0.3, 0.4) is 0 Å². The van der Waals surface area contributed by atoms with E-state index in [0.717, 1.165) is 0 Å². The molecule has 14 heavy (non-hydrogen) atoms. The van der Waals surface area contributed by atoms with E-state index in [4.69, 9.17) is 17.3 Å². The van der Waals surface area contributed by atoms with Crippen LogP contribution in [0.25, 0.3) is 0 Å². The molecule has 0 saturated carbocycles. The molecule has 0 bridgehead atoms. The van der Waals surface area contributed by atoms with E-state index < -0.39 is 11.0 Å². The van der Waals surface area contributed by atoms with E-state index >= 15 is 0 Å². The molecule has 6 heteroatoms. The number of aromatic hydroxyl groups is 1. The Labute approximate surface area is 89.9 Å². The summed E-state index contributed by atoms with van der Waals surface area (Å²) >= 11 is 5.81. The Balaban J connectivity index is 3.33. The molecule has 0 saturated heterocycles. The van der Waals surface area contributed by atoms with E-state index in [1.807, 2.05) is 0 Å². The highest BCUT2D eigenvalue weighted by molar-refractivity contribution is 7.82. The summed E-state index contributed by atoms with van der Waals surface area (Å²) in [5.74, 6) is -0.218. The van der Waals surface area contributed by atoms with Crippen LogP contribution in [-0.2, 0) is 11.0 Å². The molecule has 0 radical (unpaired) electrons. The van der Waals surface area contributed by atoms with Crippen molar-refractivity contribution in [3.63, 3.8) is 0 Å². The van der Waals surface area contributed by atoms with Gasteiger partial charge in [-0.2, -0.15) is 0 Å². The summed E-state index contributed by atoms with van der Waals surface area (Å²) in [5, 5.41) is 9.81. The van der Waals surface area contributed by atoms with Crippen LogP contribution in [0.4, 0.5) is 5.69 Å². The van der Waals surface area contributed by atoms with Crippen molar-refractivity contribution in [1.82, 2.24) is 4.31 Å². The average molecular weight is 235 g/mol. The molecule has 0 aliphatic carbocycles. The lowest BCUT2D eigenvalue weighted by Crippen LogP contribution is -2.16. The molecule has 1 aromatic carbocycles. The normalized spacial score (nSPS) is 13.1. The molecule has 4 nitrogen and oxygen atoms in total. The van der Waals surface area contributed by atoms with Gasteiger partial charge in [0.2, 0.25) is 0 Å². The molecule has 0 heterocycles. The van der Waals surface area contributed by atoms with Crippen molar-refractivity contribution < 1.29 is 9.32 Å². The summed E-state index contributed by atoms with van der Waals surface area (Å²) in [6.07, 6.45) is 0. The van der Waals surface area contributed by atoms with E-state index in [1.54, 1.807) is 14.1 Å². The maximum Gasteiger partial charge on any atom is 0.157 e. The van der Waals surface area contributed by atoms with Gasteiger partial charge in [0.05, 0.1) is 10.7 Å². The molecule has 0 amide bonds.